The Morgan fingerprint density at radius 1 is 1.31 bits per heavy atom. The van der Waals surface area contributed by atoms with E-state index in [9.17, 15) is 5.11 Å². The van der Waals surface area contributed by atoms with Gasteiger partial charge in [0.15, 0.2) is 0 Å². The van der Waals surface area contributed by atoms with Gasteiger partial charge in [0.2, 0.25) is 0 Å². The number of aromatic hydroxyl groups is 1. The summed E-state index contributed by atoms with van der Waals surface area (Å²) in [7, 11) is 0. The highest BCUT2D eigenvalue weighted by atomic mass is 16.3. The maximum Gasteiger partial charge on any atom is 0.115 e. The molecule has 1 aliphatic carbocycles. The van der Waals surface area contributed by atoms with Crippen molar-refractivity contribution in [1.29, 1.82) is 0 Å². The summed E-state index contributed by atoms with van der Waals surface area (Å²) in [5.41, 5.74) is 9.28. The second kappa shape index (κ2) is 3.23. The predicted octanol–water partition coefficient (Wildman–Crippen LogP) is 1.68. The Bertz CT molecular complexity index is 355. The van der Waals surface area contributed by atoms with Gasteiger partial charge in [-0.2, -0.15) is 0 Å². The first-order valence-electron chi connectivity index (χ1n) is 4.51. The lowest BCUT2D eigenvalue weighted by Gasteiger charge is -2.15. The molecule has 68 valence electrons. The van der Waals surface area contributed by atoms with Crippen molar-refractivity contribution in [1.82, 2.24) is 0 Å². The molecular weight excluding hydrogens is 162 g/mol. The SMILES string of the molecule is NCC1=Cc2ccc(O)cc2CC1. The molecule has 2 rings (SSSR count). The molecule has 0 atom stereocenters. The van der Waals surface area contributed by atoms with Crippen LogP contribution in [0.15, 0.2) is 23.8 Å². The monoisotopic (exact) mass is 175 g/mol. The number of phenolic OH excluding ortho intramolecular Hbond substituents is 1. The number of aryl methyl sites for hydroxylation is 1. The van der Waals surface area contributed by atoms with Crippen LogP contribution in [0.3, 0.4) is 0 Å². The predicted molar refractivity (Wildman–Crippen MR) is 53.5 cm³/mol. The van der Waals surface area contributed by atoms with E-state index in [4.69, 9.17) is 5.73 Å². The minimum Gasteiger partial charge on any atom is -0.508 e. The second-order valence-electron chi connectivity index (χ2n) is 3.39. The van der Waals surface area contributed by atoms with Crippen LogP contribution in [0.5, 0.6) is 5.75 Å². The van der Waals surface area contributed by atoms with Crippen molar-refractivity contribution < 1.29 is 5.11 Å². The Morgan fingerprint density at radius 2 is 2.15 bits per heavy atom. The minimum atomic E-state index is 0.350. The van der Waals surface area contributed by atoms with E-state index in [-0.39, 0.29) is 0 Å². The van der Waals surface area contributed by atoms with Crippen LogP contribution < -0.4 is 5.73 Å². The molecule has 0 unspecified atom stereocenters. The third kappa shape index (κ3) is 1.58. The molecular formula is C11H13NO. The minimum absolute atomic E-state index is 0.350. The van der Waals surface area contributed by atoms with Crippen molar-refractivity contribution in [2.24, 2.45) is 5.73 Å². The van der Waals surface area contributed by atoms with Gasteiger partial charge in [0.25, 0.3) is 0 Å². The van der Waals surface area contributed by atoms with Crippen molar-refractivity contribution >= 4 is 6.08 Å². The molecule has 1 aliphatic rings. The first kappa shape index (κ1) is 8.32. The molecule has 0 saturated heterocycles. The lowest BCUT2D eigenvalue weighted by molar-refractivity contribution is 0.474. The molecule has 0 heterocycles. The summed E-state index contributed by atoms with van der Waals surface area (Å²) in [6.45, 7) is 0.639. The third-order valence-corrected chi connectivity index (χ3v) is 2.46. The van der Waals surface area contributed by atoms with Crippen LogP contribution in [-0.2, 0) is 6.42 Å². The highest BCUT2D eigenvalue weighted by Gasteiger charge is 2.09. The summed E-state index contributed by atoms with van der Waals surface area (Å²) in [5.74, 6) is 0.350. The van der Waals surface area contributed by atoms with Crippen LogP contribution >= 0.6 is 0 Å². The van der Waals surface area contributed by atoms with Crippen LogP contribution in [0.2, 0.25) is 0 Å². The van der Waals surface area contributed by atoms with Crippen LogP contribution in [0, 0.1) is 0 Å². The van der Waals surface area contributed by atoms with Gasteiger partial charge in [-0.25, -0.2) is 0 Å². The number of benzene rings is 1. The molecule has 0 spiro atoms. The van der Waals surface area contributed by atoms with E-state index in [2.05, 4.69) is 6.08 Å². The molecule has 0 fully saturated rings. The Kier molecular flexibility index (Phi) is 2.07. The van der Waals surface area contributed by atoms with Crippen LogP contribution in [0.1, 0.15) is 17.5 Å². The van der Waals surface area contributed by atoms with Gasteiger partial charge in [-0.1, -0.05) is 17.7 Å². The zero-order valence-corrected chi connectivity index (χ0v) is 7.46. The Morgan fingerprint density at radius 3 is 2.92 bits per heavy atom. The number of hydrogen-bond acceptors (Lipinski definition) is 2. The third-order valence-electron chi connectivity index (χ3n) is 2.46. The molecule has 0 radical (unpaired) electrons. The van der Waals surface area contributed by atoms with Crippen molar-refractivity contribution in [2.75, 3.05) is 6.54 Å². The summed E-state index contributed by atoms with van der Waals surface area (Å²) in [6.07, 6.45) is 4.14. The van der Waals surface area contributed by atoms with E-state index in [1.54, 1.807) is 6.07 Å². The molecule has 1 aromatic rings. The molecule has 2 nitrogen and oxygen atoms in total. The average molecular weight is 175 g/mol. The lowest BCUT2D eigenvalue weighted by atomic mass is 9.92. The summed E-state index contributed by atoms with van der Waals surface area (Å²) < 4.78 is 0. The molecule has 0 amide bonds. The summed E-state index contributed by atoms with van der Waals surface area (Å²) >= 11 is 0. The van der Waals surface area contributed by atoms with Crippen LogP contribution in [-0.4, -0.2) is 11.7 Å². The van der Waals surface area contributed by atoms with E-state index in [0.717, 1.165) is 12.8 Å². The van der Waals surface area contributed by atoms with Crippen LogP contribution in [0.4, 0.5) is 0 Å². The fourth-order valence-corrected chi connectivity index (χ4v) is 1.70. The quantitative estimate of drug-likeness (QED) is 0.682. The Hall–Kier alpha value is -1.28. The van der Waals surface area contributed by atoms with Gasteiger partial charge in [0.1, 0.15) is 5.75 Å². The van der Waals surface area contributed by atoms with Crippen molar-refractivity contribution in [3.8, 4) is 5.75 Å². The van der Waals surface area contributed by atoms with Crippen molar-refractivity contribution in [2.45, 2.75) is 12.8 Å². The standard InChI is InChI=1S/C11H13NO/c12-7-8-1-2-10-6-11(13)4-3-9(10)5-8/h3-6,13H,1-2,7,12H2. The maximum atomic E-state index is 9.27. The molecule has 2 heteroatoms. The van der Waals surface area contributed by atoms with E-state index in [1.807, 2.05) is 12.1 Å². The largest absolute Gasteiger partial charge is 0.508 e. The molecule has 3 N–H and O–H groups in total. The molecule has 13 heavy (non-hydrogen) atoms. The highest BCUT2D eigenvalue weighted by molar-refractivity contribution is 5.61. The number of nitrogens with two attached hydrogens (primary N) is 1. The molecule has 0 aliphatic heterocycles. The number of rotatable bonds is 1. The topological polar surface area (TPSA) is 46.2 Å². The maximum absolute atomic E-state index is 9.27. The smallest absolute Gasteiger partial charge is 0.115 e. The van der Waals surface area contributed by atoms with E-state index < -0.39 is 0 Å². The van der Waals surface area contributed by atoms with Crippen molar-refractivity contribution in [3.63, 3.8) is 0 Å². The van der Waals surface area contributed by atoms with E-state index in [1.165, 1.54) is 16.7 Å². The Labute approximate surface area is 77.7 Å². The van der Waals surface area contributed by atoms with Crippen LogP contribution in [0.25, 0.3) is 6.08 Å². The second-order valence-corrected chi connectivity index (χ2v) is 3.39. The normalized spacial score (nSPS) is 15.0. The van der Waals surface area contributed by atoms with Gasteiger partial charge in [0, 0.05) is 6.54 Å². The summed E-state index contributed by atoms with van der Waals surface area (Å²) in [6, 6.07) is 5.49. The Balaban J connectivity index is 2.42. The van der Waals surface area contributed by atoms with Gasteiger partial charge < -0.3 is 10.8 Å². The number of phenols is 1. The fourth-order valence-electron chi connectivity index (χ4n) is 1.70. The highest BCUT2D eigenvalue weighted by Crippen LogP contribution is 2.26. The first-order valence-corrected chi connectivity index (χ1v) is 4.51. The zero-order valence-electron chi connectivity index (χ0n) is 7.46. The molecule has 0 saturated carbocycles. The lowest BCUT2D eigenvalue weighted by Crippen LogP contribution is -2.08. The van der Waals surface area contributed by atoms with Gasteiger partial charge in [0.05, 0.1) is 0 Å². The molecule has 1 aromatic carbocycles. The van der Waals surface area contributed by atoms with Gasteiger partial charge in [-0.3, -0.25) is 0 Å². The number of fused-ring (bicyclic) bond motifs is 1. The van der Waals surface area contributed by atoms with Gasteiger partial charge in [-0.05, 0) is 36.1 Å². The van der Waals surface area contributed by atoms with E-state index >= 15 is 0 Å². The molecule has 0 bridgehead atoms. The van der Waals surface area contributed by atoms with Gasteiger partial charge in [-0.15, -0.1) is 0 Å². The average Bonchev–Trinajstić information content (AvgIpc) is 2.17. The van der Waals surface area contributed by atoms with Gasteiger partial charge >= 0.3 is 0 Å². The fraction of sp³-hybridized carbons (Fsp3) is 0.273. The summed E-state index contributed by atoms with van der Waals surface area (Å²) in [5, 5.41) is 9.27. The zero-order chi connectivity index (χ0) is 9.26. The van der Waals surface area contributed by atoms with E-state index in [0.29, 0.717) is 12.3 Å². The number of hydrogen-bond donors (Lipinski definition) is 2. The van der Waals surface area contributed by atoms with Crippen molar-refractivity contribution in [3.05, 3.63) is 34.9 Å². The first-order chi connectivity index (χ1) is 6.29. The summed E-state index contributed by atoms with van der Waals surface area (Å²) in [4.78, 5) is 0. The molecule has 0 aromatic heterocycles.